The zero-order chi connectivity index (χ0) is 11.0. The van der Waals surface area contributed by atoms with Crippen molar-refractivity contribution in [1.29, 1.82) is 0 Å². The van der Waals surface area contributed by atoms with E-state index in [0.29, 0.717) is 12.8 Å². The minimum atomic E-state index is 0.340. The number of piperazine rings is 1. The maximum Gasteiger partial charge on any atom is 0.231 e. The fraction of sp³-hybridized carbons (Fsp3) is 0.500. The van der Waals surface area contributed by atoms with Crippen molar-refractivity contribution in [2.45, 2.75) is 13.0 Å². The molecule has 0 aromatic heterocycles. The van der Waals surface area contributed by atoms with E-state index in [1.54, 1.807) is 0 Å². The Bertz CT molecular complexity index is 395. The van der Waals surface area contributed by atoms with Crippen molar-refractivity contribution in [1.82, 2.24) is 5.32 Å². The number of benzene rings is 1. The number of anilines is 1. The Hall–Kier alpha value is -1.42. The van der Waals surface area contributed by atoms with Crippen LogP contribution in [-0.2, 0) is 0 Å². The highest BCUT2D eigenvalue weighted by Crippen LogP contribution is 2.41. The fourth-order valence-electron chi connectivity index (χ4n) is 2.34. The molecule has 16 heavy (non-hydrogen) atoms. The lowest BCUT2D eigenvalue weighted by Crippen LogP contribution is -2.50. The van der Waals surface area contributed by atoms with Crippen LogP contribution in [0.1, 0.15) is 6.92 Å². The molecule has 0 bridgehead atoms. The highest BCUT2D eigenvalue weighted by molar-refractivity contribution is 5.66. The van der Waals surface area contributed by atoms with Crippen molar-refractivity contribution in [3.63, 3.8) is 0 Å². The average Bonchev–Trinajstić information content (AvgIpc) is 2.77. The molecule has 0 radical (unpaired) electrons. The molecule has 1 fully saturated rings. The van der Waals surface area contributed by atoms with Crippen molar-refractivity contribution >= 4 is 5.69 Å². The molecule has 1 saturated heterocycles. The van der Waals surface area contributed by atoms with Gasteiger partial charge in [-0.2, -0.15) is 0 Å². The van der Waals surface area contributed by atoms with Gasteiger partial charge in [-0.1, -0.05) is 6.07 Å². The molecule has 0 aliphatic carbocycles. The second kappa shape index (κ2) is 3.87. The fourth-order valence-corrected chi connectivity index (χ4v) is 2.34. The van der Waals surface area contributed by atoms with Crippen LogP contribution >= 0.6 is 0 Å². The number of hydrogen-bond donors (Lipinski definition) is 1. The molecule has 86 valence electrons. The summed E-state index contributed by atoms with van der Waals surface area (Å²) in [7, 11) is 0. The second-order valence-electron chi connectivity index (χ2n) is 4.26. The Balaban J connectivity index is 1.96. The molecule has 1 aromatic carbocycles. The second-order valence-corrected chi connectivity index (χ2v) is 4.26. The van der Waals surface area contributed by atoms with Crippen LogP contribution in [0.5, 0.6) is 11.5 Å². The molecule has 0 saturated carbocycles. The third-order valence-electron chi connectivity index (χ3n) is 3.19. The summed E-state index contributed by atoms with van der Waals surface area (Å²) < 4.78 is 10.9. The molecule has 1 unspecified atom stereocenters. The molecule has 2 heterocycles. The summed E-state index contributed by atoms with van der Waals surface area (Å²) in [6.45, 7) is 5.62. The zero-order valence-electron chi connectivity index (χ0n) is 9.40. The summed E-state index contributed by atoms with van der Waals surface area (Å²) in [5.74, 6) is 1.76. The number of hydrogen-bond acceptors (Lipinski definition) is 4. The topological polar surface area (TPSA) is 33.7 Å². The van der Waals surface area contributed by atoms with E-state index in [0.717, 1.165) is 36.8 Å². The van der Waals surface area contributed by atoms with E-state index in [2.05, 4.69) is 23.2 Å². The zero-order valence-corrected chi connectivity index (χ0v) is 9.40. The quantitative estimate of drug-likeness (QED) is 0.771. The van der Waals surface area contributed by atoms with Crippen LogP contribution in [0.25, 0.3) is 0 Å². The Morgan fingerprint density at radius 3 is 3.19 bits per heavy atom. The molecular formula is C12H16N2O2. The van der Waals surface area contributed by atoms with Gasteiger partial charge in [0.05, 0.1) is 5.69 Å². The van der Waals surface area contributed by atoms with E-state index in [9.17, 15) is 0 Å². The van der Waals surface area contributed by atoms with Crippen LogP contribution < -0.4 is 19.7 Å². The number of fused-ring (bicyclic) bond motifs is 1. The van der Waals surface area contributed by atoms with Crippen LogP contribution in [0.4, 0.5) is 5.69 Å². The lowest BCUT2D eigenvalue weighted by Gasteiger charge is -2.36. The van der Waals surface area contributed by atoms with Crippen molar-refractivity contribution in [3.8, 4) is 11.5 Å². The van der Waals surface area contributed by atoms with E-state index in [1.807, 2.05) is 12.1 Å². The Kier molecular flexibility index (Phi) is 2.36. The van der Waals surface area contributed by atoms with Gasteiger partial charge < -0.3 is 19.7 Å². The minimum Gasteiger partial charge on any atom is -0.454 e. The van der Waals surface area contributed by atoms with Gasteiger partial charge in [0.25, 0.3) is 0 Å². The maximum absolute atomic E-state index is 5.55. The molecule has 0 amide bonds. The Labute approximate surface area is 95.1 Å². The van der Waals surface area contributed by atoms with Crippen LogP contribution in [0.2, 0.25) is 0 Å². The minimum absolute atomic E-state index is 0.340. The molecule has 3 rings (SSSR count). The summed E-state index contributed by atoms with van der Waals surface area (Å²) >= 11 is 0. The summed E-state index contributed by atoms with van der Waals surface area (Å²) in [6.07, 6.45) is 0. The van der Waals surface area contributed by atoms with Gasteiger partial charge in [-0.25, -0.2) is 0 Å². The summed E-state index contributed by atoms with van der Waals surface area (Å²) in [4.78, 5) is 2.38. The van der Waals surface area contributed by atoms with Gasteiger partial charge in [0, 0.05) is 25.7 Å². The highest BCUT2D eigenvalue weighted by Gasteiger charge is 2.25. The molecule has 1 atom stereocenters. The van der Waals surface area contributed by atoms with Crippen LogP contribution in [0.3, 0.4) is 0 Å². The first kappa shape index (κ1) is 9.78. The van der Waals surface area contributed by atoms with E-state index in [-0.39, 0.29) is 0 Å². The third-order valence-corrected chi connectivity index (χ3v) is 3.19. The number of nitrogens with zero attached hydrogens (tertiary/aromatic N) is 1. The molecular weight excluding hydrogens is 204 g/mol. The first-order chi connectivity index (χ1) is 7.86. The molecule has 2 aliphatic rings. The molecule has 1 N–H and O–H groups in total. The van der Waals surface area contributed by atoms with E-state index in [4.69, 9.17) is 9.47 Å². The van der Waals surface area contributed by atoms with Crippen LogP contribution in [-0.4, -0.2) is 32.5 Å². The van der Waals surface area contributed by atoms with E-state index < -0.39 is 0 Å². The van der Waals surface area contributed by atoms with E-state index >= 15 is 0 Å². The van der Waals surface area contributed by atoms with E-state index in [1.165, 1.54) is 0 Å². The Morgan fingerprint density at radius 2 is 2.31 bits per heavy atom. The van der Waals surface area contributed by atoms with Gasteiger partial charge in [-0.05, 0) is 19.1 Å². The van der Waals surface area contributed by atoms with Gasteiger partial charge in [0.2, 0.25) is 6.79 Å². The number of rotatable bonds is 1. The van der Waals surface area contributed by atoms with Crippen LogP contribution in [0.15, 0.2) is 18.2 Å². The SMILES string of the molecule is CC1CNCCN1c1cccc2c1OCO2. The smallest absolute Gasteiger partial charge is 0.231 e. The number of ether oxygens (including phenoxy) is 2. The van der Waals surface area contributed by atoms with Gasteiger partial charge in [0.15, 0.2) is 11.5 Å². The first-order valence-electron chi connectivity index (χ1n) is 5.72. The normalized spacial score (nSPS) is 23.6. The van der Waals surface area contributed by atoms with Crippen molar-refractivity contribution in [3.05, 3.63) is 18.2 Å². The number of nitrogens with one attached hydrogen (secondary N) is 1. The Morgan fingerprint density at radius 1 is 1.38 bits per heavy atom. The monoisotopic (exact) mass is 220 g/mol. The van der Waals surface area contributed by atoms with Gasteiger partial charge in [-0.15, -0.1) is 0 Å². The predicted molar refractivity (Wildman–Crippen MR) is 62.2 cm³/mol. The summed E-state index contributed by atoms with van der Waals surface area (Å²) in [6, 6.07) is 6.58. The van der Waals surface area contributed by atoms with Gasteiger partial charge in [0.1, 0.15) is 0 Å². The standard InChI is InChI=1S/C12H16N2O2/c1-9-7-13-5-6-14(9)10-3-2-4-11-12(10)16-8-15-11/h2-4,9,13H,5-8H2,1H3. The molecule has 1 aromatic rings. The average molecular weight is 220 g/mol. The van der Waals surface area contributed by atoms with Gasteiger partial charge in [-0.3, -0.25) is 0 Å². The van der Waals surface area contributed by atoms with Crippen molar-refractivity contribution in [2.75, 3.05) is 31.3 Å². The molecule has 2 aliphatic heterocycles. The van der Waals surface area contributed by atoms with Crippen molar-refractivity contribution in [2.24, 2.45) is 0 Å². The maximum atomic E-state index is 5.55. The van der Waals surface area contributed by atoms with Gasteiger partial charge >= 0.3 is 0 Å². The molecule has 4 heteroatoms. The number of para-hydroxylation sites is 1. The molecule has 4 nitrogen and oxygen atoms in total. The van der Waals surface area contributed by atoms with Crippen molar-refractivity contribution < 1.29 is 9.47 Å². The largest absolute Gasteiger partial charge is 0.454 e. The molecule has 0 spiro atoms. The highest BCUT2D eigenvalue weighted by atomic mass is 16.7. The third kappa shape index (κ3) is 1.50. The van der Waals surface area contributed by atoms with Crippen LogP contribution in [0, 0.1) is 0 Å². The predicted octanol–water partition coefficient (Wildman–Crippen LogP) is 1.21. The lowest BCUT2D eigenvalue weighted by molar-refractivity contribution is 0.174. The summed E-state index contributed by atoms with van der Waals surface area (Å²) in [5.41, 5.74) is 1.16. The lowest BCUT2D eigenvalue weighted by atomic mass is 10.1. The summed E-state index contributed by atoms with van der Waals surface area (Å²) in [5, 5.41) is 3.39. The first-order valence-corrected chi connectivity index (χ1v) is 5.72.